The first kappa shape index (κ1) is 13.3. The number of benzene rings is 1. The zero-order valence-corrected chi connectivity index (χ0v) is 12.6. The number of aromatic nitrogens is 1. The van der Waals surface area contributed by atoms with Crippen LogP contribution in [0.5, 0.6) is 0 Å². The van der Waals surface area contributed by atoms with Crippen LogP contribution in [0.2, 0.25) is 0 Å². The number of halogens is 1. The number of carbonyl (C=O) groups excluding carboxylic acids is 1. The summed E-state index contributed by atoms with van der Waals surface area (Å²) >= 11 is 3.48. The standard InChI is InChI=1S/C16H15BrN2O/c17-15-2-1-12-7-14(8-13(12)9-15)16(20)19-10-11-3-5-18-6-4-11/h1-6,9,14H,7-8,10H2,(H,19,20). The zero-order valence-electron chi connectivity index (χ0n) is 11.0. The van der Waals surface area contributed by atoms with Gasteiger partial charge in [0.1, 0.15) is 0 Å². The summed E-state index contributed by atoms with van der Waals surface area (Å²) in [5.74, 6) is 0.190. The lowest BCUT2D eigenvalue weighted by Crippen LogP contribution is -2.30. The van der Waals surface area contributed by atoms with Crippen molar-refractivity contribution in [1.82, 2.24) is 10.3 Å². The number of hydrogen-bond acceptors (Lipinski definition) is 2. The maximum absolute atomic E-state index is 12.2. The Morgan fingerprint density at radius 2 is 1.95 bits per heavy atom. The molecular weight excluding hydrogens is 316 g/mol. The Morgan fingerprint density at radius 1 is 1.20 bits per heavy atom. The molecule has 3 nitrogen and oxygen atoms in total. The van der Waals surface area contributed by atoms with Crippen LogP contribution >= 0.6 is 15.9 Å². The number of carbonyl (C=O) groups is 1. The third-order valence-electron chi connectivity index (χ3n) is 3.69. The first-order valence-corrected chi connectivity index (χ1v) is 7.45. The van der Waals surface area contributed by atoms with Crippen molar-refractivity contribution in [2.75, 3.05) is 0 Å². The van der Waals surface area contributed by atoms with Gasteiger partial charge in [-0.1, -0.05) is 22.0 Å². The van der Waals surface area contributed by atoms with E-state index in [1.165, 1.54) is 11.1 Å². The van der Waals surface area contributed by atoms with Crippen molar-refractivity contribution in [2.45, 2.75) is 19.4 Å². The summed E-state index contributed by atoms with van der Waals surface area (Å²) < 4.78 is 1.08. The van der Waals surface area contributed by atoms with Gasteiger partial charge < -0.3 is 5.32 Å². The highest BCUT2D eigenvalue weighted by Gasteiger charge is 2.27. The molecule has 0 radical (unpaired) electrons. The van der Waals surface area contributed by atoms with Crippen molar-refractivity contribution in [3.05, 3.63) is 63.9 Å². The summed E-state index contributed by atoms with van der Waals surface area (Å²) in [7, 11) is 0. The van der Waals surface area contributed by atoms with Crippen molar-refractivity contribution in [1.29, 1.82) is 0 Å². The highest BCUT2D eigenvalue weighted by atomic mass is 79.9. The van der Waals surface area contributed by atoms with E-state index < -0.39 is 0 Å². The fraction of sp³-hybridized carbons (Fsp3) is 0.250. The fourth-order valence-electron chi connectivity index (χ4n) is 2.61. The lowest BCUT2D eigenvalue weighted by molar-refractivity contribution is -0.124. The topological polar surface area (TPSA) is 42.0 Å². The minimum atomic E-state index is 0.0566. The molecule has 4 heteroatoms. The summed E-state index contributed by atoms with van der Waals surface area (Å²) in [6.45, 7) is 0.567. The molecule has 1 aromatic carbocycles. The molecule has 1 amide bonds. The van der Waals surface area contributed by atoms with E-state index in [0.29, 0.717) is 6.54 Å². The van der Waals surface area contributed by atoms with E-state index in [1.54, 1.807) is 12.4 Å². The van der Waals surface area contributed by atoms with E-state index in [0.717, 1.165) is 22.9 Å². The minimum absolute atomic E-state index is 0.0566. The lowest BCUT2D eigenvalue weighted by Gasteiger charge is -2.10. The van der Waals surface area contributed by atoms with E-state index >= 15 is 0 Å². The predicted molar refractivity (Wildman–Crippen MR) is 81.1 cm³/mol. The average Bonchev–Trinajstić information content (AvgIpc) is 2.89. The molecule has 1 aliphatic rings. The average molecular weight is 331 g/mol. The van der Waals surface area contributed by atoms with Crippen molar-refractivity contribution in [2.24, 2.45) is 5.92 Å². The quantitative estimate of drug-likeness (QED) is 0.940. The lowest BCUT2D eigenvalue weighted by atomic mass is 10.1. The maximum atomic E-state index is 12.2. The number of nitrogens with one attached hydrogen (secondary N) is 1. The van der Waals surface area contributed by atoms with Crippen LogP contribution in [-0.4, -0.2) is 10.9 Å². The molecule has 1 aromatic heterocycles. The van der Waals surface area contributed by atoms with Crippen LogP contribution in [0.4, 0.5) is 0 Å². The molecular formula is C16H15BrN2O. The van der Waals surface area contributed by atoms with Crippen molar-refractivity contribution in [3.8, 4) is 0 Å². The van der Waals surface area contributed by atoms with Crippen molar-refractivity contribution >= 4 is 21.8 Å². The highest BCUT2D eigenvalue weighted by molar-refractivity contribution is 9.10. The number of amides is 1. The highest BCUT2D eigenvalue weighted by Crippen LogP contribution is 2.29. The molecule has 0 aliphatic heterocycles. The van der Waals surface area contributed by atoms with E-state index in [4.69, 9.17) is 0 Å². The van der Waals surface area contributed by atoms with Crippen LogP contribution in [0, 0.1) is 5.92 Å². The second-order valence-electron chi connectivity index (χ2n) is 5.09. The molecule has 1 unspecified atom stereocenters. The number of fused-ring (bicyclic) bond motifs is 1. The second kappa shape index (κ2) is 5.75. The summed E-state index contributed by atoms with van der Waals surface area (Å²) in [6.07, 6.45) is 5.15. The summed E-state index contributed by atoms with van der Waals surface area (Å²) in [5.41, 5.74) is 3.65. The zero-order chi connectivity index (χ0) is 13.9. The summed E-state index contributed by atoms with van der Waals surface area (Å²) in [4.78, 5) is 16.2. The van der Waals surface area contributed by atoms with Gasteiger partial charge >= 0.3 is 0 Å². The molecule has 1 heterocycles. The van der Waals surface area contributed by atoms with Gasteiger partial charge in [-0.15, -0.1) is 0 Å². The normalized spacial score (nSPS) is 16.8. The van der Waals surface area contributed by atoms with E-state index in [9.17, 15) is 4.79 Å². The first-order valence-electron chi connectivity index (χ1n) is 6.66. The van der Waals surface area contributed by atoms with Crippen molar-refractivity contribution < 1.29 is 4.79 Å². The Balaban J connectivity index is 1.60. The molecule has 1 atom stereocenters. The monoisotopic (exact) mass is 330 g/mol. The molecule has 0 spiro atoms. The smallest absolute Gasteiger partial charge is 0.224 e. The first-order chi connectivity index (χ1) is 9.72. The van der Waals surface area contributed by atoms with Gasteiger partial charge in [0.15, 0.2) is 0 Å². The molecule has 0 bridgehead atoms. The molecule has 0 saturated carbocycles. The maximum Gasteiger partial charge on any atom is 0.224 e. The van der Waals surface area contributed by atoms with Crippen molar-refractivity contribution in [3.63, 3.8) is 0 Å². The third-order valence-corrected chi connectivity index (χ3v) is 4.18. The van der Waals surface area contributed by atoms with E-state index in [1.807, 2.05) is 18.2 Å². The van der Waals surface area contributed by atoms with Crippen LogP contribution in [-0.2, 0) is 24.2 Å². The van der Waals surface area contributed by atoms with Crippen LogP contribution in [0.1, 0.15) is 16.7 Å². The van der Waals surface area contributed by atoms with Gasteiger partial charge in [-0.3, -0.25) is 9.78 Å². The van der Waals surface area contributed by atoms with Gasteiger partial charge in [0.05, 0.1) is 0 Å². The Hall–Kier alpha value is -1.68. The Labute approximate surface area is 126 Å². The SMILES string of the molecule is O=C(NCc1ccncc1)C1Cc2ccc(Br)cc2C1. The number of rotatable bonds is 3. The van der Waals surface area contributed by atoms with Crippen LogP contribution in [0.3, 0.4) is 0 Å². The van der Waals surface area contributed by atoms with Gasteiger partial charge in [-0.25, -0.2) is 0 Å². The van der Waals surface area contributed by atoms with Crippen LogP contribution < -0.4 is 5.32 Å². The molecule has 2 aromatic rings. The Bertz CT molecular complexity index is 628. The molecule has 0 saturated heterocycles. The Morgan fingerprint density at radius 3 is 2.75 bits per heavy atom. The van der Waals surface area contributed by atoms with Gasteiger partial charge in [0, 0.05) is 29.3 Å². The van der Waals surface area contributed by atoms with Gasteiger partial charge in [0.25, 0.3) is 0 Å². The van der Waals surface area contributed by atoms with Crippen LogP contribution in [0.25, 0.3) is 0 Å². The number of nitrogens with zero attached hydrogens (tertiary/aromatic N) is 1. The van der Waals surface area contributed by atoms with Gasteiger partial charge in [0.2, 0.25) is 5.91 Å². The molecule has 20 heavy (non-hydrogen) atoms. The molecule has 1 N–H and O–H groups in total. The number of hydrogen-bond donors (Lipinski definition) is 1. The second-order valence-corrected chi connectivity index (χ2v) is 6.01. The third kappa shape index (κ3) is 2.90. The minimum Gasteiger partial charge on any atom is -0.352 e. The fourth-order valence-corrected chi connectivity index (χ4v) is 3.01. The van der Waals surface area contributed by atoms with Crippen LogP contribution in [0.15, 0.2) is 47.2 Å². The summed E-state index contributed by atoms with van der Waals surface area (Å²) in [5, 5.41) is 3.01. The molecule has 102 valence electrons. The van der Waals surface area contributed by atoms with E-state index in [2.05, 4.69) is 38.4 Å². The Kier molecular flexibility index (Phi) is 3.83. The van der Waals surface area contributed by atoms with E-state index in [-0.39, 0.29) is 11.8 Å². The molecule has 3 rings (SSSR count). The molecule has 1 aliphatic carbocycles. The largest absolute Gasteiger partial charge is 0.352 e. The summed E-state index contributed by atoms with van der Waals surface area (Å²) in [6, 6.07) is 10.1. The number of pyridine rings is 1. The van der Waals surface area contributed by atoms with Gasteiger partial charge in [-0.05, 0) is 53.8 Å². The predicted octanol–water partition coefficient (Wildman–Crippen LogP) is 2.88. The van der Waals surface area contributed by atoms with Gasteiger partial charge in [-0.2, -0.15) is 0 Å². The molecule has 0 fully saturated rings.